The van der Waals surface area contributed by atoms with Gasteiger partial charge >= 0.3 is 5.97 Å². The summed E-state index contributed by atoms with van der Waals surface area (Å²) in [5, 5.41) is 8.54. The van der Waals surface area contributed by atoms with E-state index in [1.165, 1.54) is 0 Å². The number of rotatable bonds is 2. The van der Waals surface area contributed by atoms with Gasteiger partial charge < -0.3 is 10.8 Å². The Morgan fingerprint density at radius 2 is 1.89 bits per heavy atom. The highest BCUT2D eigenvalue weighted by molar-refractivity contribution is 6.66. The van der Waals surface area contributed by atoms with Crippen LogP contribution in [0.15, 0.2) is 18.2 Å². The molecule has 1 aromatic heterocycles. The van der Waals surface area contributed by atoms with Gasteiger partial charge in [0.15, 0.2) is 0 Å². The van der Waals surface area contributed by atoms with Crippen LogP contribution < -0.4 is 5.73 Å². The minimum absolute atomic E-state index is 0.0208. The number of carbonyl (C=O) groups is 1. The Morgan fingerprint density at radius 3 is 2.11 bits per heavy atom. The van der Waals surface area contributed by atoms with Crippen LogP contribution in [0.4, 0.5) is 0 Å². The monoisotopic (exact) mass is 346 g/mol. The molecule has 8 heteroatoms. The van der Waals surface area contributed by atoms with E-state index in [0.717, 1.165) is 0 Å². The Hall–Kier alpha value is -0.260. The summed E-state index contributed by atoms with van der Waals surface area (Å²) < 4.78 is -1.50. The lowest BCUT2D eigenvalue weighted by atomic mass is 10.1. The average molecular weight is 348 g/mol. The van der Waals surface area contributed by atoms with Crippen molar-refractivity contribution >= 4 is 52.4 Å². The number of carboxylic acid groups (broad SMARTS) is 1. The van der Waals surface area contributed by atoms with Crippen LogP contribution in [-0.4, -0.2) is 22.1 Å². The fraction of sp³-hybridized carbons (Fsp3) is 0.455. The van der Waals surface area contributed by atoms with Gasteiger partial charge in [-0.3, -0.25) is 4.79 Å². The zero-order valence-electron chi connectivity index (χ0n) is 10.3. The van der Waals surface area contributed by atoms with Gasteiger partial charge in [-0.1, -0.05) is 66.3 Å². The number of halogens is 4. The smallest absolute Gasteiger partial charge is 0.320 e. The number of hydrogen-bond donors (Lipinski definition) is 2. The summed E-state index contributed by atoms with van der Waals surface area (Å²) >= 11 is 22.2. The van der Waals surface area contributed by atoms with Crippen molar-refractivity contribution in [3.8, 4) is 0 Å². The van der Waals surface area contributed by atoms with Gasteiger partial charge in [-0.15, -0.1) is 0 Å². The molecule has 0 radical (unpaired) electrons. The Morgan fingerprint density at radius 1 is 1.37 bits per heavy atom. The molecule has 0 bridgehead atoms. The Balaban J connectivity index is 0.000000362. The van der Waals surface area contributed by atoms with Crippen molar-refractivity contribution in [1.82, 2.24) is 4.98 Å². The first-order valence-electron chi connectivity index (χ1n) is 5.23. The van der Waals surface area contributed by atoms with E-state index in [4.69, 9.17) is 57.2 Å². The molecule has 0 aliphatic rings. The normalized spacial score (nSPS) is 12.6. The van der Waals surface area contributed by atoms with Gasteiger partial charge in [-0.2, -0.15) is 0 Å². The van der Waals surface area contributed by atoms with Crippen molar-refractivity contribution in [3.63, 3.8) is 0 Å². The standard InChI is InChI=1S/C6H3Cl4N.C5H11NO2/c7-5-3-1-2-4(11-5)6(8,9)10;1-3(2)4(6)5(7)8/h1-3H;3-4H,6H2,1-2H3,(H,7,8)/t;4-/m.0/s1. The summed E-state index contributed by atoms with van der Waals surface area (Å²) in [6, 6.07) is 4.17. The Kier molecular flexibility index (Phi) is 8.01. The number of carboxylic acids is 1. The third-order valence-electron chi connectivity index (χ3n) is 2.01. The predicted octanol–water partition coefficient (Wildman–Crippen LogP) is 3.62. The molecule has 3 N–H and O–H groups in total. The number of aliphatic carboxylic acids is 1. The SMILES string of the molecule is CC(C)[C@H](N)C(=O)O.Clc1cccc(C(Cl)(Cl)Cl)n1. The molecule has 0 saturated heterocycles. The van der Waals surface area contributed by atoms with Gasteiger partial charge in [0.25, 0.3) is 0 Å². The van der Waals surface area contributed by atoms with E-state index in [2.05, 4.69) is 4.98 Å². The molecule has 4 nitrogen and oxygen atoms in total. The van der Waals surface area contributed by atoms with Crippen molar-refractivity contribution in [1.29, 1.82) is 0 Å². The van der Waals surface area contributed by atoms with Crippen LogP contribution in [0.3, 0.4) is 0 Å². The minimum atomic E-state index is -1.50. The van der Waals surface area contributed by atoms with Gasteiger partial charge in [-0.25, -0.2) is 4.98 Å². The van der Waals surface area contributed by atoms with E-state index < -0.39 is 15.8 Å². The summed E-state index contributed by atoms with van der Waals surface area (Å²) in [7, 11) is 0. The molecule has 108 valence electrons. The van der Waals surface area contributed by atoms with E-state index in [1.54, 1.807) is 32.0 Å². The summed E-state index contributed by atoms with van der Waals surface area (Å²) in [5.41, 5.74) is 5.49. The molecule has 0 aliphatic carbocycles. The summed E-state index contributed by atoms with van der Waals surface area (Å²) in [6.07, 6.45) is 0. The molecule has 0 aliphatic heterocycles. The third-order valence-corrected chi connectivity index (χ3v) is 2.80. The van der Waals surface area contributed by atoms with E-state index >= 15 is 0 Å². The largest absolute Gasteiger partial charge is 0.480 e. The lowest BCUT2D eigenvalue weighted by Crippen LogP contribution is -2.34. The molecule has 0 saturated carbocycles. The van der Waals surface area contributed by atoms with E-state index in [0.29, 0.717) is 10.8 Å². The summed E-state index contributed by atoms with van der Waals surface area (Å²) in [6.45, 7) is 3.55. The molecule has 19 heavy (non-hydrogen) atoms. The molecule has 1 heterocycles. The molecule has 0 spiro atoms. The quantitative estimate of drug-likeness (QED) is 0.632. The highest BCUT2D eigenvalue weighted by atomic mass is 35.6. The number of pyridine rings is 1. The maximum Gasteiger partial charge on any atom is 0.320 e. The molecule has 0 fully saturated rings. The van der Waals surface area contributed by atoms with Crippen molar-refractivity contribution < 1.29 is 9.90 Å². The fourth-order valence-electron chi connectivity index (χ4n) is 0.851. The number of nitrogens with two attached hydrogens (primary N) is 1. The van der Waals surface area contributed by atoms with Crippen LogP contribution in [0.25, 0.3) is 0 Å². The van der Waals surface area contributed by atoms with Gasteiger partial charge in [0.2, 0.25) is 3.79 Å². The van der Waals surface area contributed by atoms with Crippen LogP contribution in [0, 0.1) is 5.92 Å². The van der Waals surface area contributed by atoms with Crippen LogP contribution in [0.2, 0.25) is 5.15 Å². The zero-order chi connectivity index (χ0) is 15.2. The molecular formula is C11H14Cl4N2O2. The molecular weight excluding hydrogens is 334 g/mol. The molecule has 0 unspecified atom stereocenters. The van der Waals surface area contributed by atoms with Crippen molar-refractivity contribution in [2.24, 2.45) is 11.7 Å². The minimum Gasteiger partial charge on any atom is -0.480 e. The zero-order valence-corrected chi connectivity index (χ0v) is 13.3. The van der Waals surface area contributed by atoms with Crippen molar-refractivity contribution in [2.75, 3.05) is 0 Å². The lowest BCUT2D eigenvalue weighted by molar-refractivity contribution is -0.139. The number of alkyl halides is 3. The van der Waals surface area contributed by atoms with E-state index in [-0.39, 0.29) is 5.92 Å². The van der Waals surface area contributed by atoms with Gasteiger partial charge in [0, 0.05) is 0 Å². The second kappa shape index (κ2) is 8.12. The highest BCUT2D eigenvalue weighted by Crippen LogP contribution is 2.37. The summed E-state index contributed by atoms with van der Waals surface area (Å²) in [4.78, 5) is 13.8. The maximum absolute atomic E-state index is 10.0. The van der Waals surface area contributed by atoms with Crippen molar-refractivity contribution in [2.45, 2.75) is 23.7 Å². The number of aromatic nitrogens is 1. The maximum atomic E-state index is 10.0. The second-order valence-electron chi connectivity index (χ2n) is 3.95. The van der Waals surface area contributed by atoms with Gasteiger partial charge in [0.1, 0.15) is 11.2 Å². The number of hydrogen-bond acceptors (Lipinski definition) is 3. The molecule has 1 atom stereocenters. The molecule has 0 aromatic carbocycles. The van der Waals surface area contributed by atoms with E-state index in [9.17, 15) is 4.79 Å². The van der Waals surface area contributed by atoms with Crippen LogP contribution in [0.1, 0.15) is 19.5 Å². The summed E-state index contributed by atoms with van der Waals surface area (Å²) in [5.74, 6) is -0.910. The fourth-order valence-corrected chi connectivity index (χ4v) is 1.33. The highest BCUT2D eigenvalue weighted by Gasteiger charge is 2.24. The Bertz CT molecular complexity index is 421. The molecule has 1 aromatic rings. The van der Waals surface area contributed by atoms with Crippen molar-refractivity contribution in [3.05, 3.63) is 29.0 Å². The molecule has 1 rings (SSSR count). The first kappa shape index (κ1) is 18.7. The van der Waals surface area contributed by atoms with Crippen LogP contribution in [0.5, 0.6) is 0 Å². The topological polar surface area (TPSA) is 76.2 Å². The molecule has 0 amide bonds. The van der Waals surface area contributed by atoms with E-state index in [1.807, 2.05) is 0 Å². The van der Waals surface area contributed by atoms with Gasteiger partial charge in [-0.05, 0) is 18.1 Å². The predicted molar refractivity (Wildman–Crippen MR) is 78.9 cm³/mol. The first-order valence-corrected chi connectivity index (χ1v) is 6.75. The van der Waals surface area contributed by atoms with Crippen LogP contribution >= 0.6 is 46.4 Å². The number of nitrogens with zero attached hydrogens (tertiary/aromatic N) is 1. The Labute approximate surface area is 131 Å². The lowest BCUT2D eigenvalue weighted by Gasteiger charge is -2.08. The van der Waals surface area contributed by atoms with Gasteiger partial charge in [0.05, 0.1) is 5.69 Å². The first-order chi connectivity index (χ1) is 8.55. The second-order valence-corrected chi connectivity index (χ2v) is 6.62. The van der Waals surface area contributed by atoms with Crippen LogP contribution in [-0.2, 0) is 8.59 Å². The third kappa shape index (κ3) is 7.80. The average Bonchev–Trinajstić information content (AvgIpc) is 2.27.